The van der Waals surface area contributed by atoms with Crippen molar-refractivity contribution in [3.63, 3.8) is 0 Å². The topological polar surface area (TPSA) is 85.9 Å². The van der Waals surface area contributed by atoms with Crippen LogP contribution in [0.25, 0.3) is 0 Å². The van der Waals surface area contributed by atoms with Crippen molar-refractivity contribution in [1.82, 2.24) is 5.32 Å². The molecule has 0 saturated carbocycles. The zero-order valence-electron chi connectivity index (χ0n) is 17.5. The van der Waals surface area contributed by atoms with Gasteiger partial charge in [0.2, 0.25) is 5.75 Å². The minimum Gasteiger partial charge on any atom is -0.488 e. The average molecular weight is 477 g/mol. The number of ether oxygens (including phenoxy) is 3. The predicted molar refractivity (Wildman–Crippen MR) is 118 cm³/mol. The first-order chi connectivity index (χ1) is 15.9. The van der Waals surface area contributed by atoms with Crippen molar-refractivity contribution in [3.8, 4) is 17.2 Å². The third-order valence-electron chi connectivity index (χ3n) is 4.78. The first kappa shape index (κ1) is 22.8. The molecule has 0 aromatic heterocycles. The van der Waals surface area contributed by atoms with Gasteiger partial charge < -0.3 is 19.5 Å². The number of hydrogen-bond acceptors (Lipinski definition) is 6. The number of para-hydroxylation sites is 1. The largest absolute Gasteiger partial charge is 0.488 e. The van der Waals surface area contributed by atoms with Crippen molar-refractivity contribution in [3.05, 3.63) is 77.9 Å². The zero-order chi connectivity index (χ0) is 23.3. The highest BCUT2D eigenvalue weighted by molar-refractivity contribution is 7.92. The summed E-state index contributed by atoms with van der Waals surface area (Å²) in [7, 11) is -4.06. The lowest BCUT2D eigenvalue weighted by atomic mass is 10.2. The van der Waals surface area contributed by atoms with Gasteiger partial charge in [0.25, 0.3) is 10.0 Å². The quantitative estimate of drug-likeness (QED) is 0.458. The van der Waals surface area contributed by atoms with E-state index in [0.29, 0.717) is 61.9 Å². The lowest BCUT2D eigenvalue weighted by Gasteiger charge is -2.20. The van der Waals surface area contributed by atoms with Crippen LogP contribution >= 0.6 is 0 Å². The molecule has 3 aromatic carbocycles. The molecule has 0 radical (unpaired) electrons. The van der Waals surface area contributed by atoms with Gasteiger partial charge in [0.1, 0.15) is 19.8 Å². The number of rotatable bonds is 9. The summed E-state index contributed by atoms with van der Waals surface area (Å²) in [5.74, 6) is -0.464. The Labute approximate surface area is 190 Å². The van der Waals surface area contributed by atoms with Crippen LogP contribution in [0.2, 0.25) is 0 Å². The third kappa shape index (κ3) is 5.71. The molecule has 0 fully saturated rings. The SMILES string of the molecule is O=S(=O)(Nc1cccc(CNCCOc2cccc3c2OCCO3)c1)c1ccc(F)c(F)c1. The Kier molecular flexibility index (Phi) is 6.95. The Morgan fingerprint density at radius 1 is 0.939 bits per heavy atom. The fourth-order valence-electron chi connectivity index (χ4n) is 3.23. The van der Waals surface area contributed by atoms with Crippen LogP contribution < -0.4 is 24.2 Å². The molecule has 1 aliphatic rings. The highest BCUT2D eigenvalue weighted by Gasteiger charge is 2.18. The number of hydrogen-bond donors (Lipinski definition) is 2. The maximum atomic E-state index is 13.4. The highest BCUT2D eigenvalue weighted by atomic mass is 32.2. The van der Waals surface area contributed by atoms with E-state index in [1.807, 2.05) is 24.3 Å². The van der Waals surface area contributed by atoms with Crippen LogP contribution in [0.3, 0.4) is 0 Å². The summed E-state index contributed by atoms with van der Waals surface area (Å²) < 4.78 is 70.7. The monoisotopic (exact) mass is 476 g/mol. The molecule has 3 aromatic rings. The predicted octanol–water partition coefficient (Wildman–Crippen LogP) is 3.71. The fraction of sp³-hybridized carbons (Fsp3) is 0.217. The normalized spacial score (nSPS) is 12.9. The first-order valence-electron chi connectivity index (χ1n) is 10.2. The van der Waals surface area contributed by atoms with E-state index in [9.17, 15) is 17.2 Å². The van der Waals surface area contributed by atoms with Crippen molar-refractivity contribution in [2.75, 3.05) is 31.1 Å². The molecule has 4 rings (SSSR count). The summed E-state index contributed by atoms with van der Waals surface area (Å²) in [6.45, 7) is 2.38. The number of anilines is 1. The van der Waals surface area contributed by atoms with Crippen LogP contribution in [0.15, 0.2) is 65.6 Å². The van der Waals surface area contributed by atoms with Crippen molar-refractivity contribution in [2.45, 2.75) is 11.4 Å². The molecular weight excluding hydrogens is 454 g/mol. The van der Waals surface area contributed by atoms with Crippen LogP contribution in [0.1, 0.15) is 5.56 Å². The Balaban J connectivity index is 1.29. The smallest absolute Gasteiger partial charge is 0.261 e. The Bertz CT molecular complexity index is 1240. The van der Waals surface area contributed by atoms with Crippen molar-refractivity contribution in [1.29, 1.82) is 0 Å². The average Bonchev–Trinajstić information content (AvgIpc) is 2.80. The number of nitrogens with one attached hydrogen (secondary N) is 2. The van der Waals surface area contributed by atoms with E-state index in [4.69, 9.17) is 14.2 Å². The molecule has 10 heteroatoms. The summed E-state index contributed by atoms with van der Waals surface area (Å²) in [5.41, 5.74) is 1.14. The summed E-state index contributed by atoms with van der Waals surface area (Å²) >= 11 is 0. The summed E-state index contributed by atoms with van der Waals surface area (Å²) in [5, 5.41) is 3.22. The number of benzene rings is 3. The molecule has 1 heterocycles. The number of halogens is 2. The second kappa shape index (κ2) is 10.1. The van der Waals surface area contributed by atoms with Crippen molar-refractivity contribution < 1.29 is 31.4 Å². The molecule has 0 spiro atoms. The van der Waals surface area contributed by atoms with E-state index >= 15 is 0 Å². The molecule has 0 saturated heterocycles. The van der Waals surface area contributed by atoms with Crippen molar-refractivity contribution >= 4 is 15.7 Å². The van der Waals surface area contributed by atoms with Gasteiger partial charge in [-0.15, -0.1) is 0 Å². The van der Waals surface area contributed by atoms with Gasteiger partial charge in [-0.25, -0.2) is 17.2 Å². The van der Waals surface area contributed by atoms with Gasteiger partial charge in [-0.2, -0.15) is 0 Å². The van der Waals surface area contributed by atoms with Gasteiger partial charge in [-0.05, 0) is 48.0 Å². The van der Waals surface area contributed by atoms with Crippen LogP contribution in [-0.2, 0) is 16.6 Å². The Morgan fingerprint density at radius 2 is 1.76 bits per heavy atom. The number of fused-ring (bicyclic) bond motifs is 1. The van der Waals surface area contributed by atoms with Crippen molar-refractivity contribution in [2.24, 2.45) is 0 Å². The van der Waals surface area contributed by atoms with E-state index < -0.39 is 21.7 Å². The highest BCUT2D eigenvalue weighted by Crippen LogP contribution is 2.38. The zero-order valence-corrected chi connectivity index (χ0v) is 18.3. The third-order valence-corrected chi connectivity index (χ3v) is 6.16. The van der Waals surface area contributed by atoms with Gasteiger partial charge in [-0.1, -0.05) is 18.2 Å². The van der Waals surface area contributed by atoms with Gasteiger partial charge in [-0.3, -0.25) is 4.72 Å². The summed E-state index contributed by atoms with van der Waals surface area (Å²) in [6.07, 6.45) is 0. The summed E-state index contributed by atoms with van der Waals surface area (Å²) in [6, 6.07) is 14.7. The molecule has 7 nitrogen and oxygen atoms in total. The fourth-order valence-corrected chi connectivity index (χ4v) is 4.29. The van der Waals surface area contributed by atoms with Crippen LogP contribution in [0.4, 0.5) is 14.5 Å². The molecule has 1 aliphatic heterocycles. The standard InChI is InChI=1S/C23H22F2N2O5S/c24-19-8-7-18(14-20(19)25)33(28,29)27-17-4-1-3-16(13-17)15-26-9-10-30-21-5-2-6-22-23(21)32-12-11-31-22/h1-8,13-14,26-27H,9-12,15H2. The maximum absolute atomic E-state index is 13.4. The van der Waals surface area contributed by atoms with Crippen LogP contribution in [0, 0.1) is 11.6 Å². The van der Waals surface area contributed by atoms with Gasteiger partial charge in [0, 0.05) is 18.8 Å². The minimum atomic E-state index is -4.06. The van der Waals surface area contributed by atoms with Crippen LogP contribution in [0.5, 0.6) is 17.2 Å². The lowest BCUT2D eigenvalue weighted by molar-refractivity contribution is 0.162. The van der Waals surface area contributed by atoms with E-state index in [-0.39, 0.29) is 4.90 Å². The van der Waals surface area contributed by atoms with E-state index in [2.05, 4.69) is 10.0 Å². The second-order valence-corrected chi connectivity index (χ2v) is 8.87. The van der Waals surface area contributed by atoms with E-state index in [1.54, 1.807) is 18.2 Å². The molecule has 2 N–H and O–H groups in total. The first-order valence-corrected chi connectivity index (χ1v) is 11.7. The van der Waals surface area contributed by atoms with Gasteiger partial charge in [0.15, 0.2) is 23.1 Å². The van der Waals surface area contributed by atoms with E-state index in [1.165, 1.54) is 0 Å². The van der Waals surface area contributed by atoms with Crippen LogP contribution in [-0.4, -0.2) is 34.8 Å². The molecule has 0 bridgehead atoms. The second-order valence-electron chi connectivity index (χ2n) is 7.19. The molecule has 0 atom stereocenters. The summed E-state index contributed by atoms with van der Waals surface area (Å²) in [4.78, 5) is -0.362. The maximum Gasteiger partial charge on any atom is 0.261 e. The van der Waals surface area contributed by atoms with Gasteiger partial charge >= 0.3 is 0 Å². The molecule has 0 amide bonds. The minimum absolute atomic E-state index is 0.309. The van der Waals surface area contributed by atoms with E-state index in [0.717, 1.165) is 17.7 Å². The molecule has 33 heavy (non-hydrogen) atoms. The molecular formula is C23H22F2N2O5S. The Hall–Kier alpha value is -3.37. The molecule has 0 unspecified atom stereocenters. The molecule has 0 aliphatic carbocycles. The Morgan fingerprint density at radius 3 is 2.61 bits per heavy atom. The number of sulfonamides is 1. The lowest BCUT2D eigenvalue weighted by Crippen LogP contribution is -2.21. The molecule has 174 valence electrons. The van der Waals surface area contributed by atoms with Gasteiger partial charge in [0.05, 0.1) is 4.90 Å².